The summed E-state index contributed by atoms with van der Waals surface area (Å²) in [6.07, 6.45) is 5.21. The number of fused-ring (bicyclic) bond motifs is 1. The molecule has 2 heterocycles. The van der Waals surface area contributed by atoms with Crippen molar-refractivity contribution in [3.63, 3.8) is 0 Å². The molecular weight excluding hydrogens is 194 g/mol. The molecule has 0 saturated heterocycles. The molecule has 0 aliphatic carbocycles. The van der Waals surface area contributed by atoms with Crippen molar-refractivity contribution in [2.45, 2.75) is 0 Å². The second-order valence-electron chi connectivity index (χ2n) is 3.05. The molecule has 1 amide bonds. The Kier molecular flexibility index (Phi) is 2.64. The third kappa shape index (κ3) is 1.97. The molecule has 0 spiro atoms. The number of methoxy groups -OCH3 is 1. The number of pyridine rings is 1. The lowest BCUT2D eigenvalue weighted by atomic mass is 10.2. The van der Waals surface area contributed by atoms with Crippen LogP contribution >= 0.6 is 0 Å². The molecule has 5 heteroatoms. The van der Waals surface area contributed by atoms with E-state index in [-0.39, 0.29) is 12.6 Å². The van der Waals surface area contributed by atoms with E-state index < -0.39 is 0 Å². The summed E-state index contributed by atoms with van der Waals surface area (Å²) < 4.78 is 6.55. The fraction of sp³-hybridized carbons (Fsp3) is 0.200. The molecule has 5 nitrogen and oxygen atoms in total. The number of nitrogens with one attached hydrogen (secondary N) is 1. The summed E-state index contributed by atoms with van der Waals surface area (Å²) in [4.78, 5) is 15.6. The van der Waals surface area contributed by atoms with Crippen LogP contribution in [0.3, 0.4) is 0 Å². The highest BCUT2D eigenvalue weighted by Crippen LogP contribution is 2.04. The Bertz CT molecular complexity index is 478. The Morgan fingerprint density at radius 2 is 2.47 bits per heavy atom. The molecule has 0 aliphatic rings. The largest absolute Gasteiger partial charge is 0.364 e. The molecule has 0 fully saturated rings. The Hall–Kier alpha value is -1.88. The van der Waals surface area contributed by atoms with E-state index in [2.05, 4.69) is 10.3 Å². The minimum absolute atomic E-state index is 0.160. The molecule has 78 valence electrons. The van der Waals surface area contributed by atoms with Gasteiger partial charge in [0.25, 0.3) is 5.91 Å². The monoisotopic (exact) mass is 205 g/mol. The average molecular weight is 205 g/mol. The van der Waals surface area contributed by atoms with Gasteiger partial charge in [0, 0.05) is 25.7 Å². The minimum atomic E-state index is -0.160. The van der Waals surface area contributed by atoms with Crippen LogP contribution in [0.25, 0.3) is 5.65 Å². The topological polar surface area (TPSA) is 55.6 Å². The molecule has 0 aromatic carbocycles. The number of nitrogens with zero attached hydrogens (tertiary/aromatic N) is 2. The van der Waals surface area contributed by atoms with Crippen molar-refractivity contribution in [3.05, 3.63) is 36.3 Å². The second kappa shape index (κ2) is 4.10. The fourth-order valence-electron chi connectivity index (χ4n) is 1.29. The quantitative estimate of drug-likeness (QED) is 0.749. The molecule has 0 saturated carbocycles. The van der Waals surface area contributed by atoms with Crippen LogP contribution in [-0.4, -0.2) is 29.1 Å². The number of aromatic nitrogens is 2. The summed E-state index contributed by atoms with van der Waals surface area (Å²) in [5.74, 6) is -0.160. The molecule has 15 heavy (non-hydrogen) atoms. The van der Waals surface area contributed by atoms with E-state index in [0.717, 1.165) is 5.65 Å². The van der Waals surface area contributed by atoms with Crippen molar-refractivity contribution in [1.82, 2.24) is 14.7 Å². The number of hydrogen-bond donors (Lipinski definition) is 1. The molecule has 0 radical (unpaired) electrons. The van der Waals surface area contributed by atoms with Crippen molar-refractivity contribution >= 4 is 11.6 Å². The number of carbonyl (C=O) groups is 1. The van der Waals surface area contributed by atoms with Gasteiger partial charge in [-0.15, -0.1) is 0 Å². The molecule has 0 atom stereocenters. The number of amides is 1. The first kappa shape index (κ1) is 9.67. The van der Waals surface area contributed by atoms with Gasteiger partial charge in [0.2, 0.25) is 0 Å². The average Bonchev–Trinajstić information content (AvgIpc) is 2.72. The summed E-state index contributed by atoms with van der Waals surface area (Å²) >= 11 is 0. The van der Waals surface area contributed by atoms with Crippen molar-refractivity contribution in [2.24, 2.45) is 0 Å². The maximum atomic E-state index is 11.5. The standard InChI is InChI=1S/C10H11N3O2/c1-15-7-12-10(14)8-2-3-9-11-4-5-13(9)6-8/h2-6H,7H2,1H3,(H,12,14). The van der Waals surface area contributed by atoms with Crippen molar-refractivity contribution in [3.8, 4) is 0 Å². The Labute approximate surface area is 86.7 Å². The zero-order chi connectivity index (χ0) is 10.7. The third-order valence-corrected chi connectivity index (χ3v) is 2.03. The second-order valence-corrected chi connectivity index (χ2v) is 3.05. The van der Waals surface area contributed by atoms with Crippen LogP contribution in [0.2, 0.25) is 0 Å². The molecular formula is C10H11N3O2. The molecule has 2 aromatic rings. The summed E-state index contributed by atoms with van der Waals surface area (Å²) in [6.45, 7) is 0.209. The summed E-state index contributed by atoms with van der Waals surface area (Å²) in [7, 11) is 1.53. The van der Waals surface area contributed by atoms with Gasteiger partial charge in [0.05, 0.1) is 5.56 Å². The first-order chi connectivity index (χ1) is 7.31. The zero-order valence-corrected chi connectivity index (χ0v) is 8.30. The van der Waals surface area contributed by atoms with Gasteiger partial charge >= 0.3 is 0 Å². The van der Waals surface area contributed by atoms with Gasteiger partial charge in [-0.1, -0.05) is 0 Å². The van der Waals surface area contributed by atoms with Crippen LogP contribution in [0.15, 0.2) is 30.7 Å². The predicted molar refractivity (Wildman–Crippen MR) is 54.5 cm³/mol. The predicted octanol–water partition coefficient (Wildman–Crippen LogP) is 0.668. The first-order valence-electron chi connectivity index (χ1n) is 4.51. The van der Waals surface area contributed by atoms with E-state index in [4.69, 9.17) is 4.74 Å². The Balaban J connectivity index is 2.23. The van der Waals surface area contributed by atoms with Crippen molar-refractivity contribution in [1.29, 1.82) is 0 Å². The lowest BCUT2D eigenvalue weighted by Gasteiger charge is -2.03. The fourth-order valence-corrected chi connectivity index (χ4v) is 1.29. The van der Waals surface area contributed by atoms with Crippen molar-refractivity contribution in [2.75, 3.05) is 13.8 Å². The maximum Gasteiger partial charge on any atom is 0.254 e. The van der Waals surface area contributed by atoms with Crippen molar-refractivity contribution < 1.29 is 9.53 Å². The first-order valence-corrected chi connectivity index (χ1v) is 4.51. The van der Waals surface area contributed by atoms with Crippen LogP contribution in [0.4, 0.5) is 0 Å². The highest BCUT2D eigenvalue weighted by Gasteiger charge is 2.05. The van der Waals surface area contributed by atoms with Gasteiger partial charge in [0.15, 0.2) is 0 Å². The zero-order valence-electron chi connectivity index (χ0n) is 8.30. The number of carbonyl (C=O) groups excluding carboxylic acids is 1. The molecule has 2 rings (SSSR count). The smallest absolute Gasteiger partial charge is 0.254 e. The van der Waals surface area contributed by atoms with Gasteiger partial charge in [-0.05, 0) is 12.1 Å². The lowest BCUT2D eigenvalue weighted by Crippen LogP contribution is -2.25. The normalized spacial score (nSPS) is 10.5. The van der Waals surface area contributed by atoms with E-state index in [0.29, 0.717) is 5.56 Å². The number of rotatable bonds is 3. The number of ether oxygens (including phenoxy) is 1. The van der Waals surface area contributed by atoms with Crippen LogP contribution in [0, 0.1) is 0 Å². The van der Waals surface area contributed by atoms with E-state index in [1.54, 1.807) is 35.1 Å². The van der Waals surface area contributed by atoms with Gasteiger partial charge in [-0.3, -0.25) is 4.79 Å². The SMILES string of the molecule is COCNC(=O)c1ccc2nccn2c1. The lowest BCUT2D eigenvalue weighted by molar-refractivity contribution is 0.0872. The van der Waals surface area contributed by atoms with E-state index in [1.165, 1.54) is 7.11 Å². The molecule has 0 unspecified atom stereocenters. The van der Waals surface area contributed by atoms with E-state index >= 15 is 0 Å². The minimum Gasteiger partial charge on any atom is -0.364 e. The number of imidazole rings is 1. The van der Waals surface area contributed by atoms with Crippen LogP contribution in [-0.2, 0) is 4.74 Å². The molecule has 1 N–H and O–H groups in total. The Morgan fingerprint density at radius 1 is 1.60 bits per heavy atom. The summed E-state index contributed by atoms with van der Waals surface area (Å²) in [5, 5.41) is 2.61. The third-order valence-electron chi connectivity index (χ3n) is 2.03. The molecule has 0 aliphatic heterocycles. The van der Waals surface area contributed by atoms with Crippen LogP contribution in [0.5, 0.6) is 0 Å². The highest BCUT2D eigenvalue weighted by atomic mass is 16.5. The van der Waals surface area contributed by atoms with Gasteiger partial charge in [-0.25, -0.2) is 4.98 Å². The van der Waals surface area contributed by atoms with Crippen LogP contribution < -0.4 is 5.32 Å². The van der Waals surface area contributed by atoms with Gasteiger partial charge in [0.1, 0.15) is 12.4 Å². The summed E-state index contributed by atoms with van der Waals surface area (Å²) in [6, 6.07) is 3.52. The summed E-state index contributed by atoms with van der Waals surface area (Å²) in [5.41, 5.74) is 1.40. The van der Waals surface area contributed by atoms with E-state index in [9.17, 15) is 4.79 Å². The molecule has 2 aromatic heterocycles. The highest BCUT2D eigenvalue weighted by molar-refractivity contribution is 5.94. The number of hydrogen-bond acceptors (Lipinski definition) is 3. The van der Waals surface area contributed by atoms with E-state index in [1.807, 2.05) is 0 Å². The maximum absolute atomic E-state index is 11.5. The van der Waals surface area contributed by atoms with Gasteiger partial charge in [-0.2, -0.15) is 0 Å². The van der Waals surface area contributed by atoms with Gasteiger partial charge < -0.3 is 14.5 Å². The molecule has 0 bridgehead atoms. The van der Waals surface area contributed by atoms with Crippen LogP contribution in [0.1, 0.15) is 10.4 Å². The Morgan fingerprint density at radius 3 is 3.27 bits per heavy atom.